The molecular formula is C45H52N4O7. The van der Waals surface area contributed by atoms with Crippen LogP contribution in [0.25, 0.3) is 11.1 Å². The average molecular weight is 761 g/mol. The van der Waals surface area contributed by atoms with E-state index in [0.29, 0.717) is 38.9 Å². The Morgan fingerprint density at radius 3 is 2.27 bits per heavy atom. The minimum absolute atomic E-state index is 0.0161. The number of aliphatic hydroxyl groups excluding tert-OH is 1. The molecule has 2 amide bonds. The highest BCUT2D eigenvalue weighted by Crippen LogP contribution is 2.40. The zero-order valence-electron chi connectivity index (χ0n) is 31.8. The number of amides is 2. The van der Waals surface area contributed by atoms with Gasteiger partial charge in [-0.15, -0.1) is 0 Å². The van der Waals surface area contributed by atoms with Crippen LogP contribution in [0.1, 0.15) is 86.0 Å². The highest BCUT2D eigenvalue weighted by atomic mass is 16.7. The summed E-state index contributed by atoms with van der Waals surface area (Å²) in [6.45, 7) is 3.21. The summed E-state index contributed by atoms with van der Waals surface area (Å²) in [5, 5.41) is 24.5. The molecule has 7 rings (SSSR count). The molecule has 56 heavy (non-hydrogen) atoms. The Hall–Kier alpha value is -5.07. The van der Waals surface area contributed by atoms with Gasteiger partial charge in [0.2, 0.25) is 11.8 Å². The van der Waals surface area contributed by atoms with Crippen molar-refractivity contribution in [3.05, 3.63) is 125 Å². The highest BCUT2D eigenvalue weighted by molar-refractivity contribution is 5.93. The van der Waals surface area contributed by atoms with E-state index in [1.807, 2.05) is 54.6 Å². The third-order valence-electron chi connectivity index (χ3n) is 11.4. The van der Waals surface area contributed by atoms with Gasteiger partial charge in [0.1, 0.15) is 5.54 Å². The van der Waals surface area contributed by atoms with Gasteiger partial charge in [0.05, 0.1) is 25.5 Å². The lowest BCUT2D eigenvalue weighted by Gasteiger charge is -2.45. The van der Waals surface area contributed by atoms with Gasteiger partial charge in [0.15, 0.2) is 6.29 Å². The van der Waals surface area contributed by atoms with E-state index < -0.39 is 17.8 Å². The summed E-state index contributed by atoms with van der Waals surface area (Å²) < 4.78 is 13.4. The first-order valence-electron chi connectivity index (χ1n) is 19.8. The van der Waals surface area contributed by atoms with Crippen LogP contribution in [-0.2, 0) is 37.0 Å². The van der Waals surface area contributed by atoms with Gasteiger partial charge in [0.25, 0.3) is 0 Å². The molecule has 0 unspecified atom stereocenters. The first kappa shape index (κ1) is 39.2. The van der Waals surface area contributed by atoms with Gasteiger partial charge in [-0.05, 0) is 71.7 Å². The number of rotatable bonds is 15. The second-order valence-corrected chi connectivity index (χ2v) is 15.2. The number of nitrogens with one attached hydrogen (secondary N) is 2. The van der Waals surface area contributed by atoms with E-state index in [-0.39, 0.29) is 37.0 Å². The number of hydrogen-bond donors (Lipinski definition) is 4. The van der Waals surface area contributed by atoms with Gasteiger partial charge in [-0.1, -0.05) is 91.3 Å². The second kappa shape index (κ2) is 18.3. The van der Waals surface area contributed by atoms with Crippen molar-refractivity contribution in [3.63, 3.8) is 0 Å². The molecule has 3 aliphatic rings. The highest BCUT2D eigenvalue weighted by Gasteiger charge is 2.50. The number of piperidine rings is 1. The largest absolute Gasteiger partial charge is 0.481 e. The molecule has 3 fully saturated rings. The van der Waals surface area contributed by atoms with Crippen LogP contribution in [0, 0.1) is 0 Å². The fraction of sp³-hybridized carbons (Fsp3) is 0.400. The maximum Gasteiger partial charge on any atom is 0.303 e. The first-order chi connectivity index (χ1) is 27.3. The number of benzene rings is 4. The van der Waals surface area contributed by atoms with Crippen molar-refractivity contribution >= 4 is 23.5 Å². The van der Waals surface area contributed by atoms with Gasteiger partial charge >= 0.3 is 5.97 Å². The van der Waals surface area contributed by atoms with Crippen LogP contribution in [0.15, 0.2) is 103 Å². The Balaban J connectivity index is 0.996. The van der Waals surface area contributed by atoms with Crippen LogP contribution >= 0.6 is 0 Å². The minimum atomic E-state index is -0.806. The van der Waals surface area contributed by atoms with Crippen LogP contribution in [0.2, 0.25) is 0 Å². The lowest BCUT2D eigenvalue weighted by Crippen LogP contribution is -2.57. The number of aliphatic carboxylic acids is 1. The Morgan fingerprint density at radius 1 is 0.804 bits per heavy atom. The summed E-state index contributed by atoms with van der Waals surface area (Å²) in [6, 6.07) is 34.5. The second-order valence-electron chi connectivity index (χ2n) is 15.2. The van der Waals surface area contributed by atoms with Crippen molar-refractivity contribution in [2.45, 2.75) is 88.6 Å². The number of para-hydroxylation sites is 1. The zero-order valence-corrected chi connectivity index (χ0v) is 31.8. The zero-order chi connectivity index (χ0) is 38.9. The van der Waals surface area contributed by atoms with E-state index >= 15 is 0 Å². The molecule has 0 aliphatic carbocycles. The van der Waals surface area contributed by atoms with Crippen molar-refractivity contribution in [3.8, 4) is 11.1 Å². The molecular weight excluding hydrogens is 709 g/mol. The molecule has 294 valence electrons. The molecule has 3 heterocycles. The fourth-order valence-electron chi connectivity index (χ4n) is 8.18. The summed E-state index contributed by atoms with van der Waals surface area (Å²) in [6.07, 6.45) is 3.75. The Labute approximate surface area is 328 Å². The molecule has 3 aliphatic heterocycles. The molecule has 11 heteroatoms. The van der Waals surface area contributed by atoms with Gasteiger partial charge in [-0.2, -0.15) is 0 Å². The number of carbonyl (C=O) groups is 3. The minimum Gasteiger partial charge on any atom is -0.481 e. The monoisotopic (exact) mass is 760 g/mol. The topological polar surface area (TPSA) is 141 Å². The summed E-state index contributed by atoms with van der Waals surface area (Å²) in [5.74, 6) is -0.738. The molecule has 0 saturated carbocycles. The summed E-state index contributed by atoms with van der Waals surface area (Å²) in [5.41, 5.74) is 6.38. The van der Waals surface area contributed by atoms with Crippen molar-refractivity contribution in [2.24, 2.45) is 0 Å². The van der Waals surface area contributed by atoms with Crippen LogP contribution < -0.4 is 15.5 Å². The van der Waals surface area contributed by atoms with Crippen molar-refractivity contribution in [1.82, 2.24) is 15.5 Å². The van der Waals surface area contributed by atoms with E-state index in [1.54, 1.807) is 0 Å². The SMILES string of the molecule is O=C(O)CCCCCC(=O)NCc1cccc(-c2ccc([C@H]3O[C@@H](CN4CCC5(CC4)C(=O)NCN5c4ccccc4)C[C@@H](c4ccc(CO)cc4)O3)cc2)c1. The van der Waals surface area contributed by atoms with Crippen LogP contribution in [0.3, 0.4) is 0 Å². The van der Waals surface area contributed by atoms with Crippen molar-refractivity contribution < 1.29 is 34.1 Å². The maximum absolute atomic E-state index is 13.3. The average Bonchev–Trinajstić information content (AvgIpc) is 3.55. The molecule has 3 atom stereocenters. The Morgan fingerprint density at radius 2 is 1.54 bits per heavy atom. The number of unbranched alkanes of at least 4 members (excludes halogenated alkanes) is 2. The molecule has 4 aromatic carbocycles. The number of ether oxygens (including phenoxy) is 2. The number of aliphatic hydroxyl groups is 1. The molecule has 11 nitrogen and oxygen atoms in total. The van der Waals surface area contributed by atoms with Crippen LogP contribution in [0.5, 0.6) is 0 Å². The van der Waals surface area contributed by atoms with E-state index in [1.165, 1.54) is 0 Å². The molecule has 4 aromatic rings. The quantitative estimate of drug-likeness (QED) is 0.100. The molecule has 1 spiro atoms. The summed E-state index contributed by atoms with van der Waals surface area (Å²) in [4.78, 5) is 41.0. The van der Waals surface area contributed by atoms with Crippen LogP contribution in [0.4, 0.5) is 5.69 Å². The van der Waals surface area contributed by atoms with Crippen LogP contribution in [-0.4, -0.2) is 70.8 Å². The van der Waals surface area contributed by atoms with E-state index in [2.05, 4.69) is 69.0 Å². The van der Waals surface area contributed by atoms with Gasteiger partial charge in [-0.3, -0.25) is 14.4 Å². The van der Waals surface area contributed by atoms with Crippen molar-refractivity contribution in [1.29, 1.82) is 0 Å². The number of anilines is 1. The molecule has 3 saturated heterocycles. The fourth-order valence-corrected chi connectivity index (χ4v) is 8.18. The number of carboxylic acid groups (broad SMARTS) is 1. The smallest absolute Gasteiger partial charge is 0.303 e. The van der Waals surface area contributed by atoms with E-state index in [9.17, 15) is 19.5 Å². The third kappa shape index (κ3) is 9.47. The lowest BCUT2D eigenvalue weighted by atomic mass is 9.85. The summed E-state index contributed by atoms with van der Waals surface area (Å²) in [7, 11) is 0. The number of nitrogens with zero attached hydrogens (tertiary/aromatic N) is 2. The maximum atomic E-state index is 13.3. The predicted octanol–water partition coefficient (Wildman–Crippen LogP) is 6.47. The first-order valence-corrected chi connectivity index (χ1v) is 19.8. The normalized spacial score (nSPS) is 20.8. The number of carbonyl (C=O) groups excluding carboxylic acids is 2. The molecule has 4 N–H and O–H groups in total. The number of carboxylic acids is 1. The van der Waals surface area contributed by atoms with Gasteiger partial charge in [0, 0.05) is 56.7 Å². The third-order valence-corrected chi connectivity index (χ3v) is 11.4. The Bertz CT molecular complexity index is 1930. The predicted molar refractivity (Wildman–Crippen MR) is 213 cm³/mol. The van der Waals surface area contributed by atoms with E-state index in [0.717, 1.165) is 78.0 Å². The molecule has 0 bridgehead atoms. The molecule has 0 aromatic heterocycles. The van der Waals surface area contributed by atoms with Crippen molar-refractivity contribution in [2.75, 3.05) is 31.2 Å². The number of hydrogen-bond acceptors (Lipinski definition) is 8. The Kier molecular flexibility index (Phi) is 12.8. The molecule has 0 radical (unpaired) electrons. The summed E-state index contributed by atoms with van der Waals surface area (Å²) >= 11 is 0. The van der Waals surface area contributed by atoms with Gasteiger partial charge in [-0.25, -0.2) is 0 Å². The van der Waals surface area contributed by atoms with Gasteiger partial charge < -0.3 is 40.1 Å². The van der Waals surface area contributed by atoms with E-state index in [4.69, 9.17) is 14.6 Å². The number of likely N-dealkylation sites (tertiary alicyclic amines) is 1. The lowest BCUT2D eigenvalue weighted by molar-refractivity contribution is -0.253. The standard InChI is InChI=1S/C45H52N4O7/c50-30-32-14-16-35(17-15-32)40-27-39(29-48-24-22-45(23-25-48)44(54)47-31-49(45)38-10-3-1-4-11-38)55-43(56-40)36-20-18-34(19-21-36)37-9-7-8-33(26-37)28-46-41(51)12-5-2-6-13-42(52)53/h1,3-4,7-11,14-21,26,39-40,43,50H,2,5-6,12-13,22-25,27-31H2,(H,46,51)(H,47,54)(H,52,53)/t39-,40+,43+/m1/s1.